The molecule has 2 nitrogen and oxygen atoms in total. The van der Waals surface area contributed by atoms with Gasteiger partial charge in [0.2, 0.25) is 0 Å². The quantitative estimate of drug-likeness (QED) is 0.784. The monoisotopic (exact) mass is 194 g/mol. The van der Waals surface area contributed by atoms with Crippen molar-refractivity contribution in [3.63, 3.8) is 0 Å². The first-order valence-corrected chi connectivity index (χ1v) is 4.75. The SMILES string of the molecule is COc1c(C(C)(C)O)ccc(C)c1C. The minimum absolute atomic E-state index is 0.789. The third-order valence-corrected chi connectivity index (χ3v) is 2.54. The zero-order valence-corrected chi connectivity index (χ0v) is 9.51. The molecule has 0 aliphatic carbocycles. The number of aliphatic hydroxyl groups is 1. The number of aryl methyl sites for hydroxylation is 1. The summed E-state index contributed by atoms with van der Waals surface area (Å²) in [5.74, 6) is 0.789. The second kappa shape index (κ2) is 3.62. The largest absolute Gasteiger partial charge is 0.496 e. The Morgan fingerprint density at radius 2 is 1.79 bits per heavy atom. The number of benzene rings is 1. The number of hydrogen-bond donors (Lipinski definition) is 1. The van der Waals surface area contributed by atoms with Crippen molar-refractivity contribution < 1.29 is 9.84 Å². The number of ether oxygens (including phenoxy) is 1. The predicted octanol–water partition coefficient (Wildman–Crippen LogP) is 2.54. The molecule has 2 heteroatoms. The van der Waals surface area contributed by atoms with E-state index in [4.69, 9.17) is 4.74 Å². The van der Waals surface area contributed by atoms with Crippen LogP contribution >= 0.6 is 0 Å². The first kappa shape index (κ1) is 11.1. The minimum atomic E-state index is -0.857. The average molecular weight is 194 g/mol. The third kappa shape index (κ3) is 1.90. The summed E-state index contributed by atoms with van der Waals surface area (Å²) in [6.45, 7) is 7.56. The van der Waals surface area contributed by atoms with Gasteiger partial charge in [-0.2, -0.15) is 0 Å². The van der Waals surface area contributed by atoms with E-state index in [9.17, 15) is 5.11 Å². The summed E-state index contributed by atoms with van der Waals surface area (Å²) < 4.78 is 5.32. The molecule has 0 spiro atoms. The van der Waals surface area contributed by atoms with Gasteiger partial charge in [0.1, 0.15) is 5.75 Å². The molecule has 0 aromatic heterocycles. The number of hydrogen-bond acceptors (Lipinski definition) is 2. The van der Waals surface area contributed by atoms with Crippen LogP contribution in [0.25, 0.3) is 0 Å². The van der Waals surface area contributed by atoms with E-state index in [0.717, 1.165) is 16.9 Å². The van der Waals surface area contributed by atoms with Crippen molar-refractivity contribution in [2.24, 2.45) is 0 Å². The van der Waals surface area contributed by atoms with Crippen molar-refractivity contribution >= 4 is 0 Å². The molecule has 0 aliphatic heterocycles. The zero-order valence-electron chi connectivity index (χ0n) is 9.51. The molecule has 1 aromatic rings. The second-order valence-electron chi connectivity index (χ2n) is 4.15. The van der Waals surface area contributed by atoms with Crippen LogP contribution in [0.15, 0.2) is 12.1 Å². The van der Waals surface area contributed by atoms with Crippen LogP contribution in [0.3, 0.4) is 0 Å². The van der Waals surface area contributed by atoms with Crippen molar-refractivity contribution in [3.05, 3.63) is 28.8 Å². The highest BCUT2D eigenvalue weighted by atomic mass is 16.5. The van der Waals surface area contributed by atoms with Gasteiger partial charge in [-0.25, -0.2) is 0 Å². The van der Waals surface area contributed by atoms with E-state index >= 15 is 0 Å². The highest BCUT2D eigenvalue weighted by Gasteiger charge is 2.22. The van der Waals surface area contributed by atoms with Gasteiger partial charge in [-0.05, 0) is 38.8 Å². The van der Waals surface area contributed by atoms with Gasteiger partial charge in [0.05, 0.1) is 12.7 Å². The summed E-state index contributed by atoms with van der Waals surface area (Å²) >= 11 is 0. The van der Waals surface area contributed by atoms with Crippen LogP contribution in [-0.4, -0.2) is 12.2 Å². The highest BCUT2D eigenvalue weighted by Crippen LogP contribution is 2.33. The van der Waals surface area contributed by atoms with E-state index in [1.807, 2.05) is 26.0 Å². The molecule has 0 fully saturated rings. The Bertz CT molecular complexity index is 335. The Hall–Kier alpha value is -1.02. The maximum absolute atomic E-state index is 9.94. The summed E-state index contributed by atoms with van der Waals surface area (Å²) in [5.41, 5.74) is 2.24. The summed E-state index contributed by atoms with van der Waals surface area (Å²) in [4.78, 5) is 0. The molecule has 0 atom stereocenters. The molecule has 0 heterocycles. The summed E-state index contributed by atoms with van der Waals surface area (Å²) in [5, 5.41) is 9.94. The maximum Gasteiger partial charge on any atom is 0.128 e. The van der Waals surface area contributed by atoms with Crippen molar-refractivity contribution in [2.75, 3.05) is 7.11 Å². The van der Waals surface area contributed by atoms with Crippen LogP contribution < -0.4 is 4.74 Å². The lowest BCUT2D eigenvalue weighted by atomic mass is 9.93. The molecule has 0 unspecified atom stereocenters. The van der Waals surface area contributed by atoms with Crippen LogP contribution in [0.5, 0.6) is 5.75 Å². The van der Waals surface area contributed by atoms with Crippen LogP contribution in [0.4, 0.5) is 0 Å². The standard InChI is InChI=1S/C12H18O2/c1-8-6-7-10(12(3,4)13)11(14-5)9(8)2/h6-7,13H,1-5H3. The molecule has 0 amide bonds. The van der Waals surface area contributed by atoms with Gasteiger partial charge >= 0.3 is 0 Å². The fourth-order valence-electron chi connectivity index (χ4n) is 1.53. The highest BCUT2D eigenvalue weighted by molar-refractivity contribution is 5.47. The molecule has 78 valence electrons. The Kier molecular flexibility index (Phi) is 2.86. The van der Waals surface area contributed by atoms with Crippen molar-refractivity contribution in [3.8, 4) is 5.75 Å². The molecule has 1 rings (SSSR count). The topological polar surface area (TPSA) is 29.5 Å². The Balaban J connectivity index is 3.39. The fraction of sp³-hybridized carbons (Fsp3) is 0.500. The molecule has 0 saturated carbocycles. The van der Waals surface area contributed by atoms with Gasteiger partial charge in [0, 0.05) is 5.56 Å². The molecular weight excluding hydrogens is 176 g/mol. The summed E-state index contributed by atoms with van der Waals surface area (Å²) in [6.07, 6.45) is 0. The van der Waals surface area contributed by atoms with E-state index in [1.165, 1.54) is 5.56 Å². The van der Waals surface area contributed by atoms with Crippen LogP contribution in [-0.2, 0) is 5.60 Å². The van der Waals surface area contributed by atoms with Gasteiger partial charge in [0.15, 0.2) is 0 Å². The molecule has 0 saturated heterocycles. The van der Waals surface area contributed by atoms with E-state index < -0.39 is 5.60 Å². The van der Waals surface area contributed by atoms with Crippen LogP contribution in [0.1, 0.15) is 30.5 Å². The smallest absolute Gasteiger partial charge is 0.128 e. The average Bonchev–Trinajstić information content (AvgIpc) is 2.07. The van der Waals surface area contributed by atoms with E-state index in [-0.39, 0.29) is 0 Å². The lowest BCUT2D eigenvalue weighted by Gasteiger charge is -2.22. The number of methoxy groups -OCH3 is 1. The molecule has 0 bridgehead atoms. The van der Waals surface area contributed by atoms with Crippen LogP contribution in [0.2, 0.25) is 0 Å². The summed E-state index contributed by atoms with van der Waals surface area (Å²) in [7, 11) is 1.64. The van der Waals surface area contributed by atoms with Gasteiger partial charge in [-0.3, -0.25) is 0 Å². The van der Waals surface area contributed by atoms with E-state index in [0.29, 0.717) is 0 Å². The third-order valence-electron chi connectivity index (χ3n) is 2.54. The van der Waals surface area contributed by atoms with Gasteiger partial charge < -0.3 is 9.84 Å². The lowest BCUT2D eigenvalue weighted by molar-refractivity contribution is 0.0755. The lowest BCUT2D eigenvalue weighted by Crippen LogP contribution is -2.17. The van der Waals surface area contributed by atoms with Crippen molar-refractivity contribution in [1.29, 1.82) is 0 Å². The van der Waals surface area contributed by atoms with Crippen molar-refractivity contribution in [1.82, 2.24) is 0 Å². The zero-order chi connectivity index (χ0) is 10.9. The second-order valence-corrected chi connectivity index (χ2v) is 4.15. The van der Waals surface area contributed by atoms with Gasteiger partial charge in [0.25, 0.3) is 0 Å². The molecule has 1 N–H and O–H groups in total. The Morgan fingerprint density at radius 3 is 2.21 bits per heavy atom. The Labute approximate surface area is 85.5 Å². The van der Waals surface area contributed by atoms with Gasteiger partial charge in [-0.15, -0.1) is 0 Å². The minimum Gasteiger partial charge on any atom is -0.496 e. The summed E-state index contributed by atoms with van der Waals surface area (Å²) in [6, 6.07) is 3.92. The van der Waals surface area contributed by atoms with Crippen LogP contribution in [0, 0.1) is 13.8 Å². The Morgan fingerprint density at radius 1 is 1.21 bits per heavy atom. The molecule has 1 aromatic carbocycles. The predicted molar refractivity (Wildman–Crippen MR) is 57.7 cm³/mol. The molecular formula is C12H18O2. The van der Waals surface area contributed by atoms with Gasteiger partial charge in [-0.1, -0.05) is 12.1 Å². The van der Waals surface area contributed by atoms with E-state index in [1.54, 1.807) is 21.0 Å². The van der Waals surface area contributed by atoms with Crippen molar-refractivity contribution in [2.45, 2.75) is 33.3 Å². The molecule has 14 heavy (non-hydrogen) atoms. The first-order chi connectivity index (χ1) is 6.38. The molecule has 0 aliphatic rings. The van der Waals surface area contributed by atoms with E-state index in [2.05, 4.69) is 0 Å². The maximum atomic E-state index is 9.94. The first-order valence-electron chi connectivity index (χ1n) is 4.75. The number of rotatable bonds is 2. The molecule has 0 radical (unpaired) electrons. The normalized spacial score (nSPS) is 11.6. The fourth-order valence-corrected chi connectivity index (χ4v) is 1.53.